The van der Waals surface area contributed by atoms with E-state index in [4.69, 9.17) is 9.47 Å². The molecule has 3 aromatic carbocycles. The molecule has 172 valence electrons. The number of carbonyl (C=O) groups excluding carboxylic acids is 3. The van der Waals surface area contributed by atoms with Gasteiger partial charge in [0.15, 0.2) is 6.61 Å². The maximum atomic E-state index is 13.1. The topological polar surface area (TPSA) is 88.2 Å². The van der Waals surface area contributed by atoms with E-state index in [0.29, 0.717) is 43.3 Å². The number of benzene rings is 3. The summed E-state index contributed by atoms with van der Waals surface area (Å²) in [6, 6.07) is 20.2. The van der Waals surface area contributed by atoms with Gasteiger partial charge in [0, 0.05) is 18.7 Å². The lowest BCUT2D eigenvalue weighted by atomic mass is 10.0. The van der Waals surface area contributed by atoms with Gasteiger partial charge in [0.2, 0.25) is 0 Å². The van der Waals surface area contributed by atoms with E-state index in [1.807, 2.05) is 36.4 Å². The molecule has 2 aliphatic rings. The van der Waals surface area contributed by atoms with Gasteiger partial charge in [-0.05, 0) is 35.0 Å². The molecule has 5 rings (SSSR count). The van der Waals surface area contributed by atoms with Crippen LogP contribution >= 0.6 is 0 Å². The zero-order valence-corrected chi connectivity index (χ0v) is 18.4. The Morgan fingerprint density at radius 1 is 0.971 bits per heavy atom. The number of hydrogen-bond acceptors (Lipinski definition) is 5. The van der Waals surface area contributed by atoms with Crippen LogP contribution in [0.3, 0.4) is 0 Å². The predicted octanol–water partition coefficient (Wildman–Crippen LogP) is 2.54. The molecule has 0 atom stereocenters. The van der Waals surface area contributed by atoms with E-state index in [2.05, 4.69) is 5.43 Å². The summed E-state index contributed by atoms with van der Waals surface area (Å²) in [6.45, 7) is 1.93. The van der Waals surface area contributed by atoms with Gasteiger partial charge in [-0.3, -0.25) is 19.8 Å². The molecule has 2 aliphatic heterocycles. The summed E-state index contributed by atoms with van der Waals surface area (Å²) in [5.41, 5.74) is 3.74. The summed E-state index contributed by atoms with van der Waals surface area (Å²) < 4.78 is 11.2. The molecule has 0 aliphatic carbocycles. The van der Waals surface area contributed by atoms with Crippen molar-refractivity contribution in [3.8, 4) is 5.75 Å². The summed E-state index contributed by atoms with van der Waals surface area (Å²) in [6.07, 6.45) is 1.54. The SMILES string of the molecule is O=C1NN(c2ccccc2)C(=O)C1=Cc1c(OCC(=O)N2CCOCC2)ccc2ccccc12. The Balaban J connectivity index is 1.48. The summed E-state index contributed by atoms with van der Waals surface area (Å²) in [4.78, 5) is 40.1. The second kappa shape index (κ2) is 9.36. The summed E-state index contributed by atoms with van der Waals surface area (Å²) in [5.74, 6) is -0.678. The lowest BCUT2D eigenvalue weighted by Crippen LogP contribution is -2.43. The molecular weight excluding hydrogens is 434 g/mol. The monoisotopic (exact) mass is 457 g/mol. The minimum absolute atomic E-state index is 0.00966. The molecule has 2 heterocycles. The van der Waals surface area contributed by atoms with E-state index in [1.54, 1.807) is 35.2 Å². The Bertz CT molecular complexity index is 1280. The second-order valence-corrected chi connectivity index (χ2v) is 7.96. The second-order valence-electron chi connectivity index (χ2n) is 7.96. The van der Waals surface area contributed by atoms with E-state index >= 15 is 0 Å². The number of hydrogen-bond donors (Lipinski definition) is 1. The van der Waals surface area contributed by atoms with E-state index in [0.717, 1.165) is 10.8 Å². The Hall–Kier alpha value is -4.17. The average Bonchev–Trinajstić information content (AvgIpc) is 3.17. The third-order valence-corrected chi connectivity index (χ3v) is 5.84. The highest BCUT2D eigenvalue weighted by atomic mass is 16.5. The fourth-order valence-corrected chi connectivity index (χ4v) is 4.05. The normalized spacial score (nSPS) is 17.4. The molecule has 3 amide bonds. The molecule has 0 bridgehead atoms. The molecule has 0 unspecified atom stereocenters. The van der Waals surface area contributed by atoms with Crippen LogP contribution in [-0.4, -0.2) is 55.5 Å². The molecule has 8 heteroatoms. The third kappa shape index (κ3) is 4.23. The zero-order chi connectivity index (χ0) is 23.5. The zero-order valence-electron chi connectivity index (χ0n) is 18.4. The number of anilines is 1. The van der Waals surface area contributed by atoms with Crippen LogP contribution in [0.5, 0.6) is 5.75 Å². The number of ether oxygens (including phenoxy) is 2. The van der Waals surface area contributed by atoms with Gasteiger partial charge < -0.3 is 14.4 Å². The van der Waals surface area contributed by atoms with Crippen molar-refractivity contribution in [2.75, 3.05) is 37.9 Å². The number of fused-ring (bicyclic) bond motifs is 1. The fraction of sp³-hybridized carbons (Fsp3) is 0.192. The van der Waals surface area contributed by atoms with Crippen LogP contribution < -0.4 is 15.2 Å². The highest BCUT2D eigenvalue weighted by molar-refractivity contribution is 6.32. The van der Waals surface area contributed by atoms with Crippen molar-refractivity contribution in [1.82, 2.24) is 10.3 Å². The first kappa shape index (κ1) is 21.7. The molecule has 0 saturated carbocycles. The van der Waals surface area contributed by atoms with Crippen molar-refractivity contribution >= 4 is 40.3 Å². The Kier molecular flexibility index (Phi) is 5.97. The molecule has 8 nitrogen and oxygen atoms in total. The molecule has 0 spiro atoms. The number of nitrogens with one attached hydrogen (secondary N) is 1. The van der Waals surface area contributed by atoms with Crippen LogP contribution in [-0.2, 0) is 19.1 Å². The smallest absolute Gasteiger partial charge is 0.282 e. The fourth-order valence-electron chi connectivity index (χ4n) is 4.05. The Labute approximate surface area is 196 Å². The Morgan fingerprint density at radius 2 is 1.71 bits per heavy atom. The number of carbonyl (C=O) groups is 3. The summed E-state index contributed by atoms with van der Waals surface area (Å²) >= 11 is 0. The minimum Gasteiger partial charge on any atom is -0.483 e. The van der Waals surface area contributed by atoms with Gasteiger partial charge in [-0.25, -0.2) is 5.01 Å². The van der Waals surface area contributed by atoms with Gasteiger partial charge in [0.1, 0.15) is 11.3 Å². The Morgan fingerprint density at radius 3 is 2.50 bits per heavy atom. The third-order valence-electron chi connectivity index (χ3n) is 5.84. The maximum Gasteiger partial charge on any atom is 0.282 e. The first-order valence-electron chi connectivity index (χ1n) is 11.0. The molecule has 2 saturated heterocycles. The highest BCUT2D eigenvalue weighted by Gasteiger charge is 2.34. The van der Waals surface area contributed by atoms with Crippen molar-refractivity contribution in [3.05, 3.63) is 77.9 Å². The van der Waals surface area contributed by atoms with E-state index < -0.39 is 11.8 Å². The van der Waals surface area contributed by atoms with E-state index in [9.17, 15) is 14.4 Å². The highest BCUT2D eigenvalue weighted by Crippen LogP contribution is 2.32. The number of para-hydroxylation sites is 1. The van der Waals surface area contributed by atoms with Crippen LogP contribution in [0.4, 0.5) is 5.69 Å². The van der Waals surface area contributed by atoms with Gasteiger partial charge in [0.05, 0.1) is 18.9 Å². The van der Waals surface area contributed by atoms with Crippen LogP contribution in [0.1, 0.15) is 5.56 Å². The minimum atomic E-state index is -0.503. The molecule has 3 aromatic rings. The molecule has 0 aromatic heterocycles. The van der Waals surface area contributed by atoms with E-state index in [1.165, 1.54) is 11.1 Å². The van der Waals surface area contributed by atoms with Gasteiger partial charge in [0.25, 0.3) is 17.7 Å². The number of nitrogens with zero attached hydrogens (tertiary/aromatic N) is 2. The van der Waals surface area contributed by atoms with Gasteiger partial charge in [-0.15, -0.1) is 0 Å². The van der Waals surface area contributed by atoms with Crippen LogP contribution in [0, 0.1) is 0 Å². The maximum absolute atomic E-state index is 13.1. The van der Waals surface area contributed by atoms with Crippen molar-refractivity contribution < 1.29 is 23.9 Å². The lowest BCUT2D eigenvalue weighted by molar-refractivity contribution is -0.137. The largest absolute Gasteiger partial charge is 0.483 e. The first-order chi connectivity index (χ1) is 16.6. The van der Waals surface area contributed by atoms with E-state index in [-0.39, 0.29) is 18.1 Å². The van der Waals surface area contributed by atoms with Gasteiger partial charge in [-0.2, -0.15) is 0 Å². The van der Waals surface area contributed by atoms with Crippen molar-refractivity contribution in [2.24, 2.45) is 0 Å². The summed E-state index contributed by atoms with van der Waals surface area (Å²) in [5, 5.41) is 2.96. The standard InChI is InChI=1S/C26H23N3O5/c30-24(28-12-14-33-15-13-28)17-34-23-11-10-18-6-4-5-9-20(18)21(23)16-22-25(31)27-29(26(22)32)19-7-2-1-3-8-19/h1-11,16H,12-15,17H2,(H,27,31). The first-order valence-corrected chi connectivity index (χ1v) is 11.0. The summed E-state index contributed by atoms with van der Waals surface area (Å²) in [7, 11) is 0. The molecule has 34 heavy (non-hydrogen) atoms. The van der Waals surface area contributed by atoms with Gasteiger partial charge in [-0.1, -0.05) is 48.5 Å². The van der Waals surface area contributed by atoms with Crippen LogP contribution in [0.2, 0.25) is 0 Å². The quantitative estimate of drug-likeness (QED) is 0.470. The van der Waals surface area contributed by atoms with Crippen molar-refractivity contribution in [2.45, 2.75) is 0 Å². The molecular formula is C26H23N3O5. The van der Waals surface area contributed by atoms with Gasteiger partial charge >= 0.3 is 0 Å². The van der Waals surface area contributed by atoms with Crippen LogP contribution in [0.15, 0.2) is 72.3 Å². The predicted molar refractivity (Wildman–Crippen MR) is 127 cm³/mol. The number of hydrazine groups is 1. The number of morpholine rings is 1. The van der Waals surface area contributed by atoms with Crippen molar-refractivity contribution in [1.29, 1.82) is 0 Å². The lowest BCUT2D eigenvalue weighted by Gasteiger charge is -2.26. The molecule has 0 radical (unpaired) electrons. The molecule has 1 N–H and O–H groups in total. The van der Waals surface area contributed by atoms with Crippen LogP contribution in [0.25, 0.3) is 16.8 Å². The number of rotatable bonds is 5. The van der Waals surface area contributed by atoms with Crippen molar-refractivity contribution in [3.63, 3.8) is 0 Å². The number of amides is 3. The average molecular weight is 457 g/mol. The molecule has 2 fully saturated rings.